The Balaban J connectivity index is 1.48. The lowest BCUT2D eigenvalue weighted by Crippen LogP contribution is -2.40. The number of likely N-dealkylation sites (tertiary alicyclic amines) is 1. The van der Waals surface area contributed by atoms with E-state index in [1.54, 1.807) is 6.92 Å². The molecule has 5 rings (SSSR count). The monoisotopic (exact) mass is 449 g/mol. The lowest BCUT2D eigenvalue weighted by atomic mass is 9.74. The first-order valence-corrected chi connectivity index (χ1v) is 12.3. The van der Waals surface area contributed by atoms with Gasteiger partial charge in [0.25, 0.3) is 0 Å². The van der Waals surface area contributed by atoms with Gasteiger partial charge in [0.2, 0.25) is 5.91 Å². The van der Waals surface area contributed by atoms with E-state index in [1.807, 2.05) is 4.90 Å². The Bertz CT molecular complexity index is 990. The van der Waals surface area contributed by atoms with E-state index in [-0.39, 0.29) is 17.4 Å². The van der Waals surface area contributed by atoms with Gasteiger partial charge in [-0.2, -0.15) is 0 Å². The first-order chi connectivity index (χ1) is 16.1. The summed E-state index contributed by atoms with van der Waals surface area (Å²) in [5.41, 5.74) is 3.73. The summed E-state index contributed by atoms with van der Waals surface area (Å²) in [5, 5.41) is 3.78. The van der Waals surface area contributed by atoms with Gasteiger partial charge < -0.3 is 19.9 Å². The van der Waals surface area contributed by atoms with Gasteiger partial charge in [-0.15, -0.1) is 0 Å². The van der Waals surface area contributed by atoms with Crippen molar-refractivity contribution in [2.24, 2.45) is 0 Å². The molecule has 0 aliphatic carbocycles. The minimum absolute atomic E-state index is 0.0215. The smallest absolute Gasteiger partial charge is 0.220 e. The summed E-state index contributed by atoms with van der Waals surface area (Å²) in [6.07, 6.45) is 4.86. The number of anilines is 1. The van der Waals surface area contributed by atoms with Crippen LogP contribution in [0.2, 0.25) is 0 Å². The topological polar surface area (TPSA) is 70.6 Å². The van der Waals surface area contributed by atoms with E-state index < -0.39 is 0 Å². The van der Waals surface area contributed by atoms with Crippen molar-refractivity contribution in [1.29, 1.82) is 0 Å². The summed E-state index contributed by atoms with van der Waals surface area (Å²) in [6.45, 7) is 6.65. The van der Waals surface area contributed by atoms with Crippen LogP contribution in [0, 0.1) is 0 Å². The predicted molar refractivity (Wildman–Crippen MR) is 128 cm³/mol. The molecule has 0 saturated carbocycles. The number of fused-ring (bicyclic) bond motifs is 1. The molecule has 0 bridgehead atoms. The molecule has 0 spiro atoms. The van der Waals surface area contributed by atoms with Crippen molar-refractivity contribution >= 4 is 11.7 Å². The number of carbonyl (C=O) groups is 1. The van der Waals surface area contributed by atoms with Gasteiger partial charge in [-0.3, -0.25) is 4.79 Å². The van der Waals surface area contributed by atoms with E-state index in [0.29, 0.717) is 0 Å². The minimum Gasteiger partial charge on any atom is -0.381 e. The van der Waals surface area contributed by atoms with Gasteiger partial charge in [-0.25, -0.2) is 9.97 Å². The van der Waals surface area contributed by atoms with Gasteiger partial charge in [0.05, 0.1) is 11.7 Å². The third-order valence-electron chi connectivity index (χ3n) is 7.66. The second kappa shape index (κ2) is 9.39. The molecule has 7 nitrogen and oxygen atoms in total. The number of aromatic nitrogens is 2. The molecule has 2 aromatic rings. The van der Waals surface area contributed by atoms with Crippen molar-refractivity contribution in [2.75, 3.05) is 45.2 Å². The van der Waals surface area contributed by atoms with Crippen LogP contribution >= 0.6 is 0 Å². The fourth-order valence-electron chi connectivity index (χ4n) is 5.66. The Morgan fingerprint density at radius 3 is 2.73 bits per heavy atom. The number of likely N-dealkylation sites (N-methyl/N-ethyl adjacent to an activating group) is 1. The molecule has 33 heavy (non-hydrogen) atoms. The summed E-state index contributed by atoms with van der Waals surface area (Å²) in [6, 6.07) is 10.8. The number of hydrogen-bond donors (Lipinski definition) is 1. The van der Waals surface area contributed by atoms with E-state index in [9.17, 15) is 4.79 Å². The number of carbonyl (C=O) groups excluding carboxylic acids is 1. The first kappa shape index (κ1) is 22.3. The number of benzene rings is 1. The van der Waals surface area contributed by atoms with E-state index in [0.717, 1.165) is 88.8 Å². The van der Waals surface area contributed by atoms with Gasteiger partial charge in [0, 0.05) is 57.3 Å². The molecule has 1 amide bonds. The Hall–Kier alpha value is -2.51. The molecule has 0 radical (unpaired) electrons. The number of nitrogens with one attached hydrogen (secondary N) is 1. The molecule has 3 aliphatic rings. The zero-order valence-corrected chi connectivity index (χ0v) is 19.8. The van der Waals surface area contributed by atoms with Crippen molar-refractivity contribution in [3.63, 3.8) is 0 Å². The van der Waals surface area contributed by atoms with Crippen molar-refractivity contribution in [3.05, 3.63) is 53.0 Å². The summed E-state index contributed by atoms with van der Waals surface area (Å²) >= 11 is 0. The van der Waals surface area contributed by atoms with E-state index in [1.165, 1.54) is 11.1 Å². The van der Waals surface area contributed by atoms with Crippen LogP contribution in [0.5, 0.6) is 0 Å². The molecular formula is C26H35N5O2. The highest BCUT2D eigenvalue weighted by atomic mass is 16.5. The highest BCUT2D eigenvalue weighted by molar-refractivity contribution is 5.74. The van der Waals surface area contributed by atoms with Crippen LogP contribution in [-0.2, 0) is 27.9 Å². The third kappa shape index (κ3) is 4.49. The third-order valence-corrected chi connectivity index (χ3v) is 7.66. The summed E-state index contributed by atoms with van der Waals surface area (Å²) < 4.78 is 5.73. The summed E-state index contributed by atoms with van der Waals surface area (Å²) in [5.74, 6) is 1.86. The Morgan fingerprint density at radius 1 is 1.18 bits per heavy atom. The number of ether oxygens (including phenoxy) is 1. The number of rotatable bonds is 5. The van der Waals surface area contributed by atoms with Crippen LogP contribution in [0.4, 0.5) is 5.82 Å². The standard InChI is InChI=1S/C26H35N5O2/c1-19(32)31-13-6-9-23(31)25-28-22-17-30(2)14-10-21(22)24(29-25)27-18-26(11-15-33-16-12-26)20-7-4-3-5-8-20/h3-5,7-8,23H,6,9-18H2,1-2H3,(H,27,28,29)/t23-/m0/s1. The summed E-state index contributed by atoms with van der Waals surface area (Å²) in [4.78, 5) is 26.5. The summed E-state index contributed by atoms with van der Waals surface area (Å²) in [7, 11) is 2.14. The molecule has 1 N–H and O–H groups in total. The Labute approximate surface area is 196 Å². The molecule has 7 heteroatoms. The molecule has 3 aliphatic heterocycles. The molecule has 2 saturated heterocycles. The second-order valence-electron chi connectivity index (χ2n) is 9.83. The van der Waals surface area contributed by atoms with Crippen LogP contribution in [0.1, 0.15) is 61.3 Å². The van der Waals surface area contributed by atoms with Crippen LogP contribution < -0.4 is 5.32 Å². The zero-order valence-electron chi connectivity index (χ0n) is 19.8. The SMILES string of the molecule is CC(=O)N1CCC[C@H]1c1nc2c(c(NCC3(c4ccccc4)CCOCC3)n1)CCN(C)C2. The predicted octanol–water partition coefficient (Wildman–Crippen LogP) is 3.31. The molecule has 1 aromatic carbocycles. The van der Waals surface area contributed by atoms with E-state index in [4.69, 9.17) is 14.7 Å². The fraction of sp³-hybridized carbons (Fsp3) is 0.577. The van der Waals surface area contributed by atoms with Crippen LogP contribution in [0.25, 0.3) is 0 Å². The van der Waals surface area contributed by atoms with Crippen molar-refractivity contribution in [2.45, 2.75) is 57.0 Å². The molecule has 176 valence electrons. The van der Waals surface area contributed by atoms with E-state index in [2.05, 4.69) is 47.6 Å². The zero-order chi connectivity index (χ0) is 22.8. The minimum atomic E-state index is -0.0215. The van der Waals surface area contributed by atoms with E-state index >= 15 is 0 Å². The molecule has 1 atom stereocenters. The maximum absolute atomic E-state index is 12.2. The number of nitrogens with zero attached hydrogens (tertiary/aromatic N) is 4. The quantitative estimate of drug-likeness (QED) is 0.755. The molecule has 1 aromatic heterocycles. The lowest BCUT2D eigenvalue weighted by molar-refractivity contribution is -0.129. The normalized spacial score (nSPS) is 22.7. The number of amides is 1. The fourth-order valence-corrected chi connectivity index (χ4v) is 5.66. The lowest BCUT2D eigenvalue weighted by Gasteiger charge is -2.38. The Kier molecular flexibility index (Phi) is 6.34. The average Bonchev–Trinajstić information content (AvgIpc) is 3.34. The van der Waals surface area contributed by atoms with Gasteiger partial charge in [-0.05, 0) is 44.7 Å². The largest absolute Gasteiger partial charge is 0.381 e. The maximum Gasteiger partial charge on any atom is 0.220 e. The first-order valence-electron chi connectivity index (χ1n) is 12.3. The van der Waals surface area contributed by atoms with Gasteiger partial charge in [-0.1, -0.05) is 30.3 Å². The number of hydrogen-bond acceptors (Lipinski definition) is 6. The van der Waals surface area contributed by atoms with Crippen molar-refractivity contribution in [3.8, 4) is 0 Å². The van der Waals surface area contributed by atoms with Gasteiger partial charge >= 0.3 is 0 Å². The highest BCUT2D eigenvalue weighted by Crippen LogP contribution is 2.37. The molecular weight excluding hydrogens is 414 g/mol. The van der Waals surface area contributed by atoms with Crippen molar-refractivity contribution in [1.82, 2.24) is 19.8 Å². The maximum atomic E-state index is 12.2. The van der Waals surface area contributed by atoms with Crippen LogP contribution in [0.15, 0.2) is 30.3 Å². The van der Waals surface area contributed by atoms with Gasteiger partial charge in [0.1, 0.15) is 5.82 Å². The van der Waals surface area contributed by atoms with Gasteiger partial charge in [0.15, 0.2) is 5.82 Å². The van der Waals surface area contributed by atoms with Crippen LogP contribution in [0.3, 0.4) is 0 Å². The highest BCUT2D eigenvalue weighted by Gasteiger charge is 2.36. The average molecular weight is 450 g/mol. The molecule has 0 unspecified atom stereocenters. The van der Waals surface area contributed by atoms with Crippen molar-refractivity contribution < 1.29 is 9.53 Å². The second-order valence-corrected chi connectivity index (χ2v) is 9.83. The molecule has 2 fully saturated rings. The molecule has 4 heterocycles. The van der Waals surface area contributed by atoms with Crippen LogP contribution in [-0.4, -0.2) is 65.6 Å². The Morgan fingerprint density at radius 2 is 1.97 bits per heavy atom.